The number of aryl methyl sites for hydroxylation is 1. The summed E-state index contributed by atoms with van der Waals surface area (Å²) in [5.41, 5.74) is 3.22. The van der Waals surface area contributed by atoms with E-state index < -0.39 is 0 Å². The number of methoxy groups -OCH3 is 1. The van der Waals surface area contributed by atoms with Gasteiger partial charge in [0, 0.05) is 0 Å². The summed E-state index contributed by atoms with van der Waals surface area (Å²) in [5.74, 6) is 0.917. The molecule has 6 heteroatoms. The minimum atomic E-state index is -0.0797. The number of thioether (sulfide) groups is 1. The molecule has 0 bridgehead atoms. The number of benzene rings is 2. The number of rotatable bonds is 7. The van der Waals surface area contributed by atoms with Crippen molar-refractivity contribution in [2.45, 2.75) is 38.5 Å². The van der Waals surface area contributed by atoms with Gasteiger partial charge < -0.3 is 4.74 Å². The zero-order chi connectivity index (χ0) is 19.9. The number of hydrogen-bond donors (Lipinski definition) is 0. The normalized spacial score (nSPS) is 18.4. The van der Waals surface area contributed by atoms with Gasteiger partial charge in [0.25, 0.3) is 0 Å². The van der Waals surface area contributed by atoms with E-state index in [2.05, 4.69) is 36.2 Å². The van der Waals surface area contributed by atoms with Crippen LogP contribution in [0.5, 0.6) is 5.75 Å². The van der Waals surface area contributed by atoms with Gasteiger partial charge in [0.1, 0.15) is 5.75 Å². The summed E-state index contributed by atoms with van der Waals surface area (Å²) >= 11 is 1.51. The van der Waals surface area contributed by atoms with Crippen molar-refractivity contribution >= 4 is 29.1 Å². The highest BCUT2D eigenvalue weighted by Crippen LogP contribution is 2.32. The van der Waals surface area contributed by atoms with E-state index in [1.54, 1.807) is 18.2 Å². The number of amides is 1. The van der Waals surface area contributed by atoms with Crippen LogP contribution in [0.3, 0.4) is 0 Å². The standard InChI is InChI=1S/C22H25N3O2S/c1-4-7-20-21(26)25(15-18-9-6-5-8-16(18)2)22(28-20)24-23-14-17-10-12-19(27-3)13-11-17/h5-6,8-14,20H,4,7,15H2,1-3H3/b23-14-,24-22+/t20-/m1/s1. The Morgan fingerprint density at radius 2 is 1.93 bits per heavy atom. The van der Waals surface area contributed by atoms with E-state index in [-0.39, 0.29) is 11.2 Å². The van der Waals surface area contributed by atoms with Crippen LogP contribution in [-0.4, -0.2) is 34.5 Å². The molecule has 0 spiro atoms. The third-order valence-electron chi connectivity index (χ3n) is 4.63. The lowest BCUT2D eigenvalue weighted by Crippen LogP contribution is -2.31. The van der Waals surface area contributed by atoms with Crippen molar-refractivity contribution in [3.63, 3.8) is 0 Å². The fraction of sp³-hybridized carbons (Fsp3) is 0.318. The summed E-state index contributed by atoms with van der Waals surface area (Å²) in [7, 11) is 1.64. The van der Waals surface area contributed by atoms with Gasteiger partial charge in [-0.1, -0.05) is 49.4 Å². The molecular weight excluding hydrogens is 370 g/mol. The highest BCUT2D eigenvalue weighted by atomic mass is 32.2. The van der Waals surface area contributed by atoms with Crippen molar-refractivity contribution < 1.29 is 9.53 Å². The molecule has 3 rings (SSSR count). The van der Waals surface area contributed by atoms with Gasteiger partial charge in [-0.15, -0.1) is 5.10 Å². The molecule has 2 aromatic carbocycles. The van der Waals surface area contributed by atoms with Gasteiger partial charge in [0.05, 0.1) is 25.1 Å². The molecule has 0 radical (unpaired) electrons. The van der Waals surface area contributed by atoms with Gasteiger partial charge in [0.2, 0.25) is 5.91 Å². The maximum Gasteiger partial charge on any atom is 0.242 e. The largest absolute Gasteiger partial charge is 0.497 e. The van der Waals surface area contributed by atoms with Crippen molar-refractivity contribution in [2.24, 2.45) is 10.2 Å². The van der Waals surface area contributed by atoms with Crippen LogP contribution in [-0.2, 0) is 11.3 Å². The molecule has 1 aliphatic rings. The van der Waals surface area contributed by atoms with Crippen molar-refractivity contribution in [3.8, 4) is 5.75 Å². The van der Waals surface area contributed by atoms with Crippen LogP contribution in [0, 0.1) is 6.92 Å². The number of carbonyl (C=O) groups excluding carboxylic acids is 1. The van der Waals surface area contributed by atoms with Crippen LogP contribution in [0.15, 0.2) is 58.7 Å². The van der Waals surface area contributed by atoms with Crippen molar-refractivity contribution in [3.05, 3.63) is 65.2 Å². The van der Waals surface area contributed by atoms with Gasteiger partial charge >= 0.3 is 0 Å². The maximum atomic E-state index is 12.9. The molecule has 0 N–H and O–H groups in total. The first-order chi connectivity index (χ1) is 13.6. The van der Waals surface area contributed by atoms with Crippen LogP contribution in [0.1, 0.15) is 36.5 Å². The predicted octanol–water partition coefficient (Wildman–Crippen LogP) is 4.64. The average Bonchev–Trinajstić information content (AvgIpc) is 2.99. The van der Waals surface area contributed by atoms with Crippen molar-refractivity contribution in [1.82, 2.24) is 4.90 Å². The van der Waals surface area contributed by atoms with Crippen molar-refractivity contribution in [2.75, 3.05) is 7.11 Å². The molecular formula is C22H25N3O2S. The first-order valence-electron chi connectivity index (χ1n) is 9.40. The maximum absolute atomic E-state index is 12.9. The van der Waals surface area contributed by atoms with Crippen LogP contribution < -0.4 is 4.74 Å². The Morgan fingerprint density at radius 1 is 1.18 bits per heavy atom. The summed E-state index contributed by atoms with van der Waals surface area (Å²) in [4.78, 5) is 14.6. The fourth-order valence-corrected chi connectivity index (χ4v) is 4.18. The Morgan fingerprint density at radius 3 is 2.61 bits per heavy atom. The summed E-state index contributed by atoms with van der Waals surface area (Å²) in [6, 6.07) is 15.7. The van der Waals surface area contributed by atoms with E-state index in [1.807, 2.05) is 36.4 Å². The molecule has 1 saturated heterocycles. The molecule has 28 heavy (non-hydrogen) atoms. The first kappa shape index (κ1) is 20.1. The summed E-state index contributed by atoms with van der Waals surface area (Å²) < 4.78 is 5.16. The quantitative estimate of drug-likeness (QED) is 0.507. The average molecular weight is 396 g/mol. The second-order valence-electron chi connectivity index (χ2n) is 6.65. The number of nitrogens with zero attached hydrogens (tertiary/aromatic N) is 3. The van der Waals surface area contributed by atoms with E-state index in [0.717, 1.165) is 29.7 Å². The van der Waals surface area contributed by atoms with Gasteiger partial charge in [0.15, 0.2) is 5.17 Å². The predicted molar refractivity (Wildman–Crippen MR) is 116 cm³/mol. The smallest absolute Gasteiger partial charge is 0.242 e. The Hall–Kier alpha value is -2.60. The van der Waals surface area contributed by atoms with Crippen LogP contribution in [0.4, 0.5) is 0 Å². The van der Waals surface area contributed by atoms with Gasteiger partial charge in [-0.05, 0) is 54.3 Å². The van der Waals surface area contributed by atoms with Gasteiger partial charge in [-0.25, -0.2) is 0 Å². The van der Waals surface area contributed by atoms with E-state index in [4.69, 9.17) is 4.74 Å². The second kappa shape index (κ2) is 9.55. The lowest BCUT2D eigenvalue weighted by atomic mass is 10.1. The topological polar surface area (TPSA) is 54.3 Å². The summed E-state index contributed by atoms with van der Waals surface area (Å²) in [6.45, 7) is 4.68. The Bertz CT molecular complexity index is 878. The second-order valence-corrected chi connectivity index (χ2v) is 7.82. The summed E-state index contributed by atoms with van der Waals surface area (Å²) in [5, 5.41) is 9.19. The molecule has 0 aliphatic carbocycles. The highest BCUT2D eigenvalue weighted by Gasteiger charge is 2.37. The molecule has 1 atom stereocenters. The van der Waals surface area contributed by atoms with Gasteiger partial charge in [-0.3, -0.25) is 9.69 Å². The number of ether oxygens (including phenoxy) is 1. The molecule has 0 saturated carbocycles. The van der Waals surface area contributed by atoms with E-state index >= 15 is 0 Å². The molecule has 1 fully saturated rings. The fourth-order valence-electron chi connectivity index (χ4n) is 2.97. The molecule has 1 heterocycles. The SMILES string of the molecule is CCC[C@H]1S/C(=N/N=C\c2ccc(OC)cc2)N(Cc2ccccc2C)C1=O. The molecule has 146 valence electrons. The molecule has 1 aliphatic heterocycles. The Labute approximate surface area is 170 Å². The number of carbonyl (C=O) groups is 1. The summed E-state index contributed by atoms with van der Waals surface area (Å²) in [6.07, 6.45) is 3.50. The molecule has 0 unspecified atom stereocenters. The van der Waals surface area contributed by atoms with E-state index in [0.29, 0.717) is 11.7 Å². The minimum Gasteiger partial charge on any atom is -0.497 e. The third-order valence-corrected chi connectivity index (χ3v) is 5.86. The molecule has 5 nitrogen and oxygen atoms in total. The zero-order valence-electron chi connectivity index (χ0n) is 16.5. The molecule has 1 amide bonds. The number of hydrogen-bond acceptors (Lipinski definition) is 5. The molecule has 2 aromatic rings. The Balaban J connectivity index is 1.80. The van der Waals surface area contributed by atoms with Gasteiger partial charge in [-0.2, -0.15) is 5.10 Å². The van der Waals surface area contributed by atoms with Crippen LogP contribution in [0.2, 0.25) is 0 Å². The highest BCUT2D eigenvalue weighted by molar-refractivity contribution is 8.15. The minimum absolute atomic E-state index is 0.0797. The monoisotopic (exact) mass is 395 g/mol. The van der Waals surface area contributed by atoms with Crippen LogP contribution >= 0.6 is 11.8 Å². The third kappa shape index (κ3) is 4.81. The van der Waals surface area contributed by atoms with E-state index in [9.17, 15) is 4.79 Å². The van der Waals surface area contributed by atoms with Crippen molar-refractivity contribution in [1.29, 1.82) is 0 Å². The molecule has 0 aromatic heterocycles. The Kier molecular flexibility index (Phi) is 6.87. The first-order valence-corrected chi connectivity index (χ1v) is 10.3. The number of amidine groups is 1. The lowest BCUT2D eigenvalue weighted by Gasteiger charge is -2.17. The zero-order valence-corrected chi connectivity index (χ0v) is 17.3. The van der Waals surface area contributed by atoms with Crippen LogP contribution in [0.25, 0.3) is 0 Å². The van der Waals surface area contributed by atoms with E-state index in [1.165, 1.54) is 17.3 Å². The lowest BCUT2D eigenvalue weighted by molar-refractivity contribution is -0.126.